The van der Waals surface area contributed by atoms with E-state index in [0.29, 0.717) is 160 Å². The van der Waals surface area contributed by atoms with Gasteiger partial charge in [-0.25, -0.2) is 35.2 Å². The number of H-pyrrole nitrogens is 1. The maximum absolute atomic E-state index is 14.9. The van der Waals surface area contributed by atoms with Crippen LogP contribution in [0.25, 0.3) is 111 Å². The van der Waals surface area contributed by atoms with Crippen molar-refractivity contribution in [1.82, 2.24) is 23.3 Å². The number of phenolic OH excluding ortho intramolecular Hbond substituents is 1. The number of anilines is 5. The Labute approximate surface area is 835 Å². The quantitative estimate of drug-likeness (QED) is 0.0144. The number of carbonyl (C=O) groups excluding carboxylic acids is 2. The first-order valence-electron chi connectivity index (χ1n) is 46.9. The highest BCUT2D eigenvalue weighted by Gasteiger charge is 2.31. The number of para-hydroxylation sites is 1. The lowest BCUT2D eigenvalue weighted by atomic mass is 10.0. The molecule has 143 heavy (non-hydrogen) atoms. The van der Waals surface area contributed by atoms with Gasteiger partial charge in [-0.1, -0.05) is 44.2 Å². The maximum Gasteiger partial charge on any atom is 0.411 e. The van der Waals surface area contributed by atoms with Crippen LogP contribution in [0.4, 0.5) is 46.8 Å². The number of benzene rings is 10. The Morgan fingerprint density at radius 1 is 0.490 bits per heavy atom. The first-order chi connectivity index (χ1) is 68.6. The molecular weight excluding hydrogens is 1880 g/mol. The van der Waals surface area contributed by atoms with Crippen LogP contribution in [0.15, 0.2) is 194 Å². The van der Waals surface area contributed by atoms with Gasteiger partial charge in [0.25, 0.3) is 0 Å². The van der Waals surface area contributed by atoms with E-state index in [1.165, 1.54) is 46.8 Å². The number of nitrogens with one attached hydrogen (secondary N) is 4. The van der Waals surface area contributed by atoms with Crippen LogP contribution in [0, 0.1) is 68.3 Å². The van der Waals surface area contributed by atoms with Crippen LogP contribution >= 0.6 is 11.6 Å². The Bertz CT molecular complexity index is 7520. The highest BCUT2D eigenvalue weighted by molar-refractivity contribution is 7.93. The molecule has 34 heteroatoms. The van der Waals surface area contributed by atoms with E-state index < -0.39 is 43.9 Å². The summed E-state index contributed by atoms with van der Waals surface area (Å²) in [6, 6.07) is 67.3. The third-order valence-corrected chi connectivity index (χ3v) is 26.4. The summed E-state index contributed by atoms with van der Waals surface area (Å²) in [5.74, 6) is 3.01. The zero-order valence-corrected chi connectivity index (χ0v) is 84.6. The molecule has 5 aromatic heterocycles. The van der Waals surface area contributed by atoms with Crippen LogP contribution in [0.2, 0.25) is 0 Å². The number of carbonyl (C=O) groups is 2. The highest BCUT2D eigenvalue weighted by atomic mass is 35.5. The zero-order valence-electron chi connectivity index (χ0n) is 82.2. The van der Waals surface area contributed by atoms with Crippen molar-refractivity contribution < 1.29 is 73.5 Å². The van der Waals surface area contributed by atoms with Gasteiger partial charge in [-0.2, -0.15) is 26.3 Å². The number of hydrogen-bond donors (Lipinski definition) is 6. The summed E-state index contributed by atoms with van der Waals surface area (Å²) in [5.41, 5.74) is 20.4. The first-order valence-corrected chi connectivity index (χ1v) is 50.7. The molecule has 16 rings (SSSR count). The fourth-order valence-electron chi connectivity index (χ4n) is 17.1. The van der Waals surface area contributed by atoms with Crippen LogP contribution in [-0.4, -0.2) is 126 Å². The summed E-state index contributed by atoms with van der Waals surface area (Å²) < 4.78 is 129. The van der Waals surface area contributed by atoms with Crippen LogP contribution in [0.5, 0.6) is 34.5 Å². The SMILES string of the molecule is CC(C)Oc1ccc2c(C#N)c(-c3ccc(O)c(N)c3)[nH]c2c1.CCCOC(=O)Nc1ccc(F)c(-c2c(C#N)c3ccc(OC(C)C)cc3n2CC)c1.CCCS(=O)(=O)Nc1ccccc1-c1c(C#N)c2ccc(OC)cc2n1CC.CCn1c(-c2cc(NC(=O)OCCCl)ccc2F)c(C#N)c2ccc(OC(C)C)cc21.CCn1c(-c2ccc(N3CCCS3(=O)=O)cc2)c(C#N)c2ccc(OC(C)C)cc21. The number of sulfonamides is 2. The van der Waals surface area contributed by atoms with Crippen molar-refractivity contribution in [3.8, 4) is 121 Å². The van der Waals surface area contributed by atoms with Crippen LogP contribution in [-0.2, 0) is 55.7 Å². The number of amides is 2. The van der Waals surface area contributed by atoms with Crippen molar-refractivity contribution in [2.45, 2.75) is 167 Å². The lowest BCUT2D eigenvalue weighted by Gasteiger charge is -2.17. The fourth-order valence-corrected chi connectivity index (χ4v) is 19.9. The molecule has 0 atom stereocenters. The highest BCUT2D eigenvalue weighted by Crippen LogP contribution is 2.45. The molecule has 1 fully saturated rings. The molecule has 0 unspecified atom stereocenters. The van der Waals surface area contributed by atoms with Gasteiger partial charge in [-0.15, -0.1) is 11.6 Å². The van der Waals surface area contributed by atoms with Crippen molar-refractivity contribution in [2.75, 3.05) is 69.6 Å². The number of ether oxygens (including phenoxy) is 7. The van der Waals surface area contributed by atoms with Crippen molar-refractivity contribution in [3.63, 3.8) is 0 Å². The average Bonchev–Trinajstić information content (AvgIpc) is 1.62. The number of nitrogens with zero attached hydrogens (tertiary/aromatic N) is 10. The topological polar surface area (TPSA) is 407 Å². The number of phenols is 1. The molecule has 1 aliphatic rings. The minimum absolute atomic E-state index is 0.00356. The number of halogens is 3. The lowest BCUT2D eigenvalue weighted by molar-refractivity contribution is 0.161. The molecule has 29 nitrogen and oxygen atoms in total. The summed E-state index contributed by atoms with van der Waals surface area (Å²) in [6.07, 6.45) is 0.722. The van der Waals surface area contributed by atoms with Gasteiger partial charge in [-0.05, 0) is 241 Å². The molecule has 0 spiro atoms. The van der Waals surface area contributed by atoms with E-state index in [0.717, 1.165) is 77.4 Å². The minimum atomic E-state index is -3.46. The van der Waals surface area contributed by atoms with Gasteiger partial charge in [0, 0.05) is 124 Å². The summed E-state index contributed by atoms with van der Waals surface area (Å²) >= 11 is 5.52. The van der Waals surface area contributed by atoms with Crippen molar-refractivity contribution >= 4 is 127 Å². The Morgan fingerprint density at radius 2 is 0.895 bits per heavy atom. The van der Waals surface area contributed by atoms with Gasteiger partial charge >= 0.3 is 12.2 Å². The molecule has 2 amide bonds. The second-order valence-corrected chi connectivity index (χ2v) is 38.5. The third kappa shape index (κ3) is 24.2. The molecule has 1 saturated heterocycles. The fraction of sp³-hybridized carbons (Fsp3) is 0.294. The second-order valence-electron chi connectivity index (χ2n) is 34.2. The first kappa shape index (κ1) is 106. The van der Waals surface area contributed by atoms with Gasteiger partial charge in [0.2, 0.25) is 20.0 Å². The Hall–Kier alpha value is -15.9. The largest absolute Gasteiger partial charge is 0.506 e. The second kappa shape index (κ2) is 47.4. The molecule has 10 aromatic carbocycles. The lowest BCUT2D eigenvalue weighted by Crippen LogP contribution is -2.24. The predicted molar refractivity (Wildman–Crippen MR) is 560 cm³/mol. The number of alkyl halides is 1. The van der Waals surface area contributed by atoms with E-state index in [1.807, 2.05) is 232 Å². The van der Waals surface area contributed by atoms with Crippen molar-refractivity contribution in [2.24, 2.45) is 0 Å². The number of aromatic amines is 1. The van der Waals surface area contributed by atoms with E-state index in [9.17, 15) is 66.6 Å². The zero-order chi connectivity index (χ0) is 103. The Kier molecular flexibility index (Phi) is 35.1. The average molecular weight is 2000 g/mol. The molecule has 1 aliphatic heterocycles. The number of hydrogen-bond acceptors (Lipinski definition) is 20. The van der Waals surface area contributed by atoms with Crippen LogP contribution in [0.1, 0.15) is 144 Å². The van der Waals surface area contributed by atoms with Gasteiger partial charge in [0.05, 0.1) is 156 Å². The number of nitrogen functional groups attached to an aromatic ring is 1. The molecule has 0 aliphatic carbocycles. The van der Waals surface area contributed by atoms with E-state index >= 15 is 0 Å². The van der Waals surface area contributed by atoms with Gasteiger partial charge in [0.15, 0.2) is 0 Å². The number of methoxy groups -OCH3 is 1. The van der Waals surface area contributed by atoms with Gasteiger partial charge in [-0.3, -0.25) is 19.7 Å². The minimum Gasteiger partial charge on any atom is -0.506 e. The van der Waals surface area contributed by atoms with E-state index in [4.69, 9.17) is 50.5 Å². The molecule has 0 bridgehead atoms. The van der Waals surface area contributed by atoms with Crippen LogP contribution in [0.3, 0.4) is 0 Å². The molecule has 0 saturated carbocycles. The standard InChI is InChI=1S/C24H26FN3O3.C23H23ClFN3O3.C23H25N3O3S.C21H23N3O3S.C18H17N3O2/c1-5-11-30-24(29)27-16-7-10-21(25)19(12-16)23-20(14-26)18-9-8-17(31-15(3)4)13-22(18)28(23)6-2;1-4-28-21-12-16(31-14(2)3)6-7-17(21)19(13-26)22(28)18-11-15(5-8-20(18)25)27-23(29)30-10-9-24;1-4-25-22-14-19(29-16(2)3)10-11-20(22)21(15-24)23(25)17-6-8-18(9-7-17)26-12-5-13-30(26,27)28;1-4-12-28(25,26)23-19-9-7-6-8-17(19)21-18(14-22)16-11-10-15(27-3)13-20(16)24(21)5-2;1-10(2)23-12-4-5-13-14(9-19)18(21-16(13)8-12)11-3-6-17(22)15(20)7-11/h7-10,12-13,15H,5-6,11H2,1-4H3,(H,27,29);5-8,11-12,14H,4,9-10H2,1-3H3,(H,27,29);6-11,14,16H,4-5,12-13H2,1-3H3;6-11,13,23H,4-5,12H2,1-3H3;3-8,10,21-22H,20H2,1-2H3. The number of aromatic nitrogens is 5. The number of nitrogens with two attached hydrogens (primary N) is 1. The molecule has 7 N–H and O–H groups in total. The van der Waals surface area contributed by atoms with Crippen LogP contribution < -0.4 is 49.1 Å². The van der Waals surface area contributed by atoms with E-state index in [2.05, 4.69) is 55.3 Å². The Morgan fingerprint density at radius 3 is 1.30 bits per heavy atom. The van der Waals surface area contributed by atoms with Crippen molar-refractivity contribution in [1.29, 1.82) is 26.3 Å². The summed E-state index contributed by atoms with van der Waals surface area (Å²) in [7, 11) is -5.07. The summed E-state index contributed by atoms with van der Waals surface area (Å²) in [6.45, 7) is 30.5. The van der Waals surface area contributed by atoms with E-state index in [1.54, 1.807) is 37.4 Å². The normalized spacial score (nSPS) is 12.0. The monoisotopic (exact) mass is 1990 g/mol. The number of fused-ring (bicyclic) bond motifs is 5. The molecule has 742 valence electrons. The Balaban J connectivity index is 0.000000160. The van der Waals surface area contributed by atoms with Gasteiger partial charge < -0.3 is 67.3 Å². The predicted octanol–water partition coefficient (Wildman–Crippen LogP) is 24.7. The molecule has 6 heterocycles. The molecular formula is C109H114ClF2N15O14S2. The smallest absolute Gasteiger partial charge is 0.411 e. The number of aromatic hydroxyl groups is 1. The van der Waals surface area contributed by atoms with E-state index in [-0.39, 0.29) is 71.0 Å². The summed E-state index contributed by atoms with van der Waals surface area (Å²) in [4.78, 5) is 27.0. The third-order valence-electron chi connectivity index (χ3n) is 22.9. The van der Waals surface area contributed by atoms with Crippen molar-refractivity contribution in [3.05, 3.63) is 234 Å². The summed E-state index contributed by atoms with van der Waals surface area (Å²) in [5, 5.41) is 67.8. The molecule has 0 radical (unpaired) electrons. The van der Waals surface area contributed by atoms with Gasteiger partial charge in [0.1, 0.15) is 83.1 Å². The number of aryl methyl sites for hydroxylation is 4. The number of nitriles is 5. The maximum atomic E-state index is 14.9. The number of rotatable bonds is 29. The molecule has 15 aromatic rings.